The van der Waals surface area contributed by atoms with Crippen molar-refractivity contribution in [3.63, 3.8) is 0 Å². The predicted octanol–water partition coefficient (Wildman–Crippen LogP) is 5.17. The van der Waals surface area contributed by atoms with E-state index >= 15 is 0 Å². The number of fused-ring (bicyclic) bond motifs is 6. The monoisotopic (exact) mass is 383 g/mol. The first kappa shape index (κ1) is 16.8. The molecule has 4 heteroatoms. The van der Waals surface area contributed by atoms with E-state index in [2.05, 4.69) is 12.1 Å². The van der Waals surface area contributed by atoms with Crippen molar-refractivity contribution in [3.8, 4) is 11.5 Å². The zero-order valence-corrected chi connectivity index (χ0v) is 16.0. The highest BCUT2D eigenvalue weighted by molar-refractivity contribution is 6.22. The molecule has 4 nitrogen and oxygen atoms in total. The van der Waals surface area contributed by atoms with Crippen molar-refractivity contribution in [2.24, 2.45) is 23.7 Å². The summed E-state index contributed by atoms with van der Waals surface area (Å²) in [5, 5.41) is 2.17. The predicted molar refractivity (Wildman–Crippen MR) is 111 cm³/mol. The molecule has 3 aliphatic rings. The summed E-state index contributed by atoms with van der Waals surface area (Å²) in [7, 11) is 0. The van der Waals surface area contributed by atoms with E-state index < -0.39 is 0 Å². The number of nitrogens with zero attached hydrogens (tertiary/aromatic N) is 1. The number of amides is 2. The molecular weight excluding hydrogens is 362 g/mol. The van der Waals surface area contributed by atoms with Gasteiger partial charge in [0.2, 0.25) is 11.8 Å². The minimum Gasteiger partial charge on any atom is -0.457 e. The number of benzene rings is 3. The molecule has 3 fully saturated rings. The summed E-state index contributed by atoms with van der Waals surface area (Å²) in [6.07, 6.45) is 3.24. The molecule has 2 amide bonds. The molecule has 1 heterocycles. The van der Waals surface area contributed by atoms with E-state index in [0.717, 1.165) is 35.8 Å². The van der Waals surface area contributed by atoms with Gasteiger partial charge < -0.3 is 4.74 Å². The molecule has 0 N–H and O–H groups in total. The molecule has 144 valence electrons. The summed E-state index contributed by atoms with van der Waals surface area (Å²) in [5.74, 6) is 2.09. The van der Waals surface area contributed by atoms with E-state index in [1.807, 2.05) is 54.6 Å². The van der Waals surface area contributed by atoms with Crippen LogP contribution in [0.1, 0.15) is 19.3 Å². The van der Waals surface area contributed by atoms with E-state index in [0.29, 0.717) is 23.3 Å². The summed E-state index contributed by atoms with van der Waals surface area (Å²) >= 11 is 0. The molecule has 2 bridgehead atoms. The van der Waals surface area contributed by atoms with Crippen LogP contribution in [0.25, 0.3) is 10.8 Å². The van der Waals surface area contributed by atoms with Gasteiger partial charge in [-0.25, -0.2) is 0 Å². The maximum atomic E-state index is 13.0. The van der Waals surface area contributed by atoms with E-state index in [-0.39, 0.29) is 23.7 Å². The number of imide groups is 1. The van der Waals surface area contributed by atoms with Crippen LogP contribution in [-0.4, -0.2) is 11.8 Å². The van der Waals surface area contributed by atoms with Crippen molar-refractivity contribution in [3.05, 3.63) is 66.7 Å². The lowest BCUT2D eigenvalue weighted by Crippen LogP contribution is -2.32. The summed E-state index contributed by atoms with van der Waals surface area (Å²) in [5.41, 5.74) is 0.652. The number of ether oxygens (including phenoxy) is 1. The van der Waals surface area contributed by atoms with Crippen LogP contribution < -0.4 is 9.64 Å². The second kappa shape index (κ2) is 6.18. The van der Waals surface area contributed by atoms with Crippen LogP contribution >= 0.6 is 0 Å². The lowest BCUT2D eigenvalue weighted by atomic mass is 9.81. The average molecular weight is 383 g/mol. The first-order chi connectivity index (χ1) is 14.2. The van der Waals surface area contributed by atoms with Crippen molar-refractivity contribution in [2.75, 3.05) is 4.90 Å². The first-order valence-corrected chi connectivity index (χ1v) is 10.3. The van der Waals surface area contributed by atoms with Crippen LogP contribution in [0.3, 0.4) is 0 Å². The van der Waals surface area contributed by atoms with Crippen LogP contribution in [0.4, 0.5) is 5.69 Å². The maximum Gasteiger partial charge on any atom is 0.237 e. The molecule has 3 aromatic rings. The Kier molecular flexibility index (Phi) is 3.58. The third kappa shape index (κ3) is 2.45. The largest absolute Gasteiger partial charge is 0.457 e. The number of carbonyl (C=O) groups excluding carboxylic acids is 2. The highest BCUT2D eigenvalue weighted by Gasteiger charge is 2.61. The second-order valence-corrected chi connectivity index (χ2v) is 8.47. The van der Waals surface area contributed by atoms with Crippen LogP contribution in [0, 0.1) is 23.7 Å². The van der Waals surface area contributed by atoms with Gasteiger partial charge >= 0.3 is 0 Å². The van der Waals surface area contributed by atoms with Gasteiger partial charge in [0, 0.05) is 5.39 Å². The van der Waals surface area contributed by atoms with Crippen molar-refractivity contribution in [2.45, 2.75) is 19.3 Å². The van der Waals surface area contributed by atoms with E-state index in [1.54, 1.807) is 0 Å². The van der Waals surface area contributed by atoms with Gasteiger partial charge in [0.25, 0.3) is 0 Å². The molecule has 0 unspecified atom stereocenters. The van der Waals surface area contributed by atoms with E-state index in [4.69, 9.17) is 4.74 Å². The van der Waals surface area contributed by atoms with Gasteiger partial charge in [-0.2, -0.15) is 0 Å². The van der Waals surface area contributed by atoms with Gasteiger partial charge in [-0.15, -0.1) is 0 Å². The first-order valence-electron chi connectivity index (χ1n) is 10.3. The second-order valence-electron chi connectivity index (χ2n) is 8.47. The highest BCUT2D eigenvalue weighted by atomic mass is 16.5. The molecule has 6 rings (SSSR count). The Bertz CT molecular complexity index is 1100. The van der Waals surface area contributed by atoms with Gasteiger partial charge in [0.05, 0.1) is 17.5 Å². The molecule has 2 saturated carbocycles. The zero-order valence-electron chi connectivity index (χ0n) is 16.0. The maximum absolute atomic E-state index is 13.0. The minimum absolute atomic E-state index is 0.00470. The van der Waals surface area contributed by atoms with Crippen molar-refractivity contribution in [1.29, 1.82) is 0 Å². The Morgan fingerprint density at radius 1 is 0.759 bits per heavy atom. The number of carbonyl (C=O) groups is 2. The molecule has 1 aliphatic heterocycles. The molecule has 2 aliphatic carbocycles. The highest BCUT2D eigenvalue weighted by Crippen LogP contribution is 2.56. The van der Waals surface area contributed by atoms with Crippen LogP contribution in [-0.2, 0) is 9.59 Å². The van der Waals surface area contributed by atoms with Gasteiger partial charge in [-0.3, -0.25) is 14.5 Å². The summed E-state index contributed by atoms with van der Waals surface area (Å²) in [6, 6.07) is 21.4. The van der Waals surface area contributed by atoms with Crippen molar-refractivity contribution < 1.29 is 14.3 Å². The van der Waals surface area contributed by atoms with Gasteiger partial charge in [-0.05, 0) is 66.8 Å². The number of hydrogen-bond acceptors (Lipinski definition) is 3. The summed E-state index contributed by atoms with van der Waals surface area (Å²) < 4.78 is 6.09. The Morgan fingerprint density at radius 3 is 2.14 bits per heavy atom. The average Bonchev–Trinajstić information content (AvgIpc) is 3.43. The lowest BCUT2D eigenvalue weighted by molar-refractivity contribution is -0.123. The Labute approximate surface area is 169 Å². The molecule has 1 saturated heterocycles. The third-order valence-corrected chi connectivity index (χ3v) is 7.00. The molecule has 0 radical (unpaired) electrons. The topological polar surface area (TPSA) is 46.6 Å². The Balaban J connectivity index is 1.27. The van der Waals surface area contributed by atoms with Crippen molar-refractivity contribution >= 4 is 28.3 Å². The number of anilines is 1. The van der Waals surface area contributed by atoms with Crippen molar-refractivity contribution in [1.82, 2.24) is 0 Å². The van der Waals surface area contributed by atoms with E-state index in [1.165, 1.54) is 4.90 Å². The van der Waals surface area contributed by atoms with Gasteiger partial charge in [0.15, 0.2) is 0 Å². The van der Waals surface area contributed by atoms with Crippen LogP contribution in [0.5, 0.6) is 11.5 Å². The molecule has 0 aromatic heterocycles. The normalized spacial score (nSPS) is 27.7. The standard InChI is InChI=1S/C25H21NO3/c27-24-22-16-8-9-17(14-16)23(22)25(28)26(24)18-10-12-19(13-11-18)29-21-7-3-5-15-4-1-2-6-20(15)21/h1-7,10-13,16-17,22-23H,8-9,14H2/t16-,17+,22-,23+. The SMILES string of the molecule is O=C1[C@@H]2[C@@H]3CC[C@@H](C3)[C@@H]2C(=O)N1c1ccc(Oc2cccc3ccccc23)cc1. The fraction of sp³-hybridized carbons (Fsp3) is 0.280. The lowest BCUT2D eigenvalue weighted by Gasteiger charge is -2.19. The molecule has 29 heavy (non-hydrogen) atoms. The Hall–Kier alpha value is -3.14. The van der Waals surface area contributed by atoms with Gasteiger partial charge in [0.1, 0.15) is 11.5 Å². The smallest absolute Gasteiger partial charge is 0.237 e. The van der Waals surface area contributed by atoms with Gasteiger partial charge in [-0.1, -0.05) is 36.4 Å². The fourth-order valence-corrected chi connectivity index (χ4v) is 5.74. The summed E-state index contributed by atoms with van der Waals surface area (Å²) in [4.78, 5) is 27.4. The summed E-state index contributed by atoms with van der Waals surface area (Å²) in [6.45, 7) is 0. The number of hydrogen-bond donors (Lipinski definition) is 0. The molecular formula is C25H21NO3. The Morgan fingerprint density at radius 2 is 1.41 bits per heavy atom. The zero-order chi connectivity index (χ0) is 19.5. The molecule has 3 aromatic carbocycles. The van der Waals surface area contributed by atoms with Crippen LogP contribution in [0.15, 0.2) is 66.7 Å². The molecule has 4 atom stereocenters. The quantitative estimate of drug-likeness (QED) is 0.587. The molecule has 0 spiro atoms. The number of rotatable bonds is 3. The van der Waals surface area contributed by atoms with Crippen LogP contribution in [0.2, 0.25) is 0 Å². The third-order valence-electron chi connectivity index (χ3n) is 7.00. The van der Waals surface area contributed by atoms with E-state index in [9.17, 15) is 9.59 Å². The minimum atomic E-state index is -0.0899. The fourth-order valence-electron chi connectivity index (χ4n) is 5.74.